The third kappa shape index (κ3) is 3.63. The van der Waals surface area contributed by atoms with Crippen molar-refractivity contribution in [2.45, 2.75) is 0 Å². The first-order valence-corrected chi connectivity index (χ1v) is 10.3. The Labute approximate surface area is 186 Å². The first kappa shape index (κ1) is 19.6. The molecule has 0 fully saturated rings. The third-order valence-electron chi connectivity index (χ3n) is 5.40. The normalized spacial score (nSPS) is 10.8. The summed E-state index contributed by atoms with van der Waals surface area (Å²) in [4.78, 5) is 23.3. The van der Waals surface area contributed by atoms with E-state index in [0.717, 1.165) is 27.9 Å². The summed E-state index contributed by atoms with van der Waals surface area (Å²) in [5.41, 5.74) is 5.92. The van der Waals surface area contributed by atoms with Gasteiger partial charge in [-0.25, -0.2) is 9.97 Å². The number of methoxy groups -OCH3 is 1. The van der Waals surface area contributed by atoms with E-state index < -0.39 is 0 Å². The lowest BCUT2D eigenvalue weighted by Crippen LogP contribution is -2.05. The van der Waals surface area contributed by atoms with Gasteiger partial charge >= 0.3 is 0 Å². The second-order valence-corrected chi connectivity index (χ2v) is 7.38. The summed E-state index contributed by atoms with van der Waals surface area (Å²) in [5, 5.41) is 0. The molecule has 0 radical (unpaired) electrons. The first-order valence-electron chi connectivity index (χ1n) is 10.3. The van der Waals surface area contributed by atoms with Gasteiger partial charge in [0.25, 0.3) is 0 Å². The van der Waals surface area contributed by atoms with Gasteiger partial charge in [0.2, 0.25) is 0 Å². The van der Waals surface area contributed by atoms with E-state index in [1.165, 1.54) is 0 Å². The van der Waals surface area contributed by atoms with Crippen LogP contribution in [0.2, 0.25) is 0 Å². The van der Waals surface area contributed by atoms with E-state index in [1.54, 1.807) is 31.4 Å². The Hall–Kier alpha value is -4.31. The van der Waals surface area contributed by atoms with Crippen molar-refractivity contribution >= 4 is 16.8 Å². The van der Waals surface area contributed by atoms with Crippen LogP contribution in [0.1, 0.15) is 15.9 Å². The molecular formula is C28H20N2O2. The fourth-order valence-electron chi connectivity index (χ4n) is 3.77. The number of hydrogen-bond acceptors (Lipinski definition) is 4. The predicted octanol–water partition coefficient (Wildman–Crippen LogP) is 6.20. The van der Waals surface area contributed by atoms with Crippen molar-refractivity contribution in [3.8, 4) is 28.3 Å². The van der Waals surface area contributed by atoms with Crippen molar-refractivity contribution in [1.82, 2.24) is 9.97 Å². The van der Waals surface area contributed by atoms with Crippen LogP contribution >= 0.6 is 0 Å². The molecule has 4 heteroatoms. The van der Waals surface area contributed by atoms with Crippen LogP contribution in [0.4, 0.5) is 0 Å². The molecule has 5 rings (SSSR count). The lowest BCUT2D eigenvalue weighted by atomic mass is 9.94. The van der Waals surface area contributed by atoms with E-state index in [1.807, 2.05) is 78.9 Å². The number of aromatic nitrogens is 2. The highest BCUT2D eigenvalue weighted by Gasteiger charge is 2.20. The molecule has 0 spiro atoms. The van der Waals surface area contributed by atoms with E-state index >= 15 is 0 Å². The van der Waals surface area contributed by atoms with Crippen LogP contribution in [-0.4, -0.2) is 22.9 Å². The van der Waals surface area contributed by atoms with E-state index in [9.17, 15) is 4.79 Å². The van der Waals surface area contributed by atoms with E-state index in [4.69, 9.17) is 14.7 Å². The minimum Gasteiger partial charge on any atom is -0.497 e. The van der Waals surface area contributed by atoms with Crippen LogP contribution in [0.15, 0.2) is 103 Å². The quantitative estimate of drug-likeness (QED) is 0.320. The lowest BCUT2D eigenvalue weighted by Gasteiger charge is -2.14. The number of carbonyl (C=O) groups excluding carboxylic acids is 1. The molecule has 0 bridgehead atoms. The standard InChI is InChI=1S/C28H20N2O2/c1-32-21-17-15-20(16-18-21)28(31)23-12-6-5-11-22(23)27-26(19-9-3-2-4-10-19)29-24-13-7-8-14-25(24)30-27/h2-18H,1H3. The van der Waals surface area contributed by atoms with Crippen LogP contribution in [0.5, 0.6) is 5.75 Å². The van der Waals surface area contributed by atoms with Crippen LogP contribution in [-0.2, 0) is 0 Å². The highest BCUT2D eigenvalue weighted by Crippen LogP contribution is 2.33. The van der Waals surface area contributed by atoms with Gasteiger partial charge in [-0.05, 0) is 36.4 Å². The molecule has 0 amide bonds. The molecule has 0 aliphatic rings. The third-order valence-corrected chi connectivity index (χ3v) is 5.40. The summed E-state index contributed by atoms with van der Waals surface area (Å²) in [5.74, 6) is 0.638. The van der Waals surface area contributed by atoms with Gasteiger partial charge in [-0.15, -0.1) is 0 Å². The zero-order chi connectivity index (χ0) is 21.9. The molecule has 4 nitrogen and oxygen atoms in total. The summed E-state index contributed by atoms with van der Waals surface area (Å²) in [6.45, 7) is 0. The summed E-state index contributed by atoms with van der Waals surface area (Å²) < 4.78 is 5.22. The Morgan fingerprint density at radius 1 is 0.656 bits per heavy atom. The second-order valence-electron chi connectivity index (χ2n) is 7.38. The predicted molar refractivity (Wildman–Crippen MR) is 127 cm³/mol. The molecular weight excluding hydrogens is 396 g/mol. The minimum absolute atomic E-state index is 0.0720. The van der Waals surface area contributed by atoms with Crippen molar-refractivity contribution in [2.24, 2.45) is 0 Å². The fraction of sp³-hybridized carbons (Fsp3) is 0.0357. The summed E-state index contributed by atoms with van der Waals surface area (Å²) >= 11 is 0. The van der Waals surface area contributed by atoms with Crippen LogP contribution in [0.3, 0.4) is 0 Å². The maximum absolute atomic E-state index is 13.5. The zero-order valence-electron chi connectivity index (χ0n) is 17.5. The molecule has 4 aromatic carbocycles. The number of ether oxygens (including phenoxy) is 1. The molecule has 1 aromatic heterocycles. The maximum Gasteiger partial charge on any atom is 0.193 e. The second kappa shape index (κ2) is 8.44. The van der Waals surface area contributed by atoms with Crippen LogP contribution in [0, 0.1) is 0 Å². The number of nitrogens with zero attached hydrogens (tertiary/aromatic N) is 2. The van der Waals surface area contributed by atoms with Crippen molar-refractivity contribution in [3.05, 3.63) is 114 Å². The molecule has 0 saturated carbocycles. The molecule has 0 aliphatic carbocycles. The van der Waals surface area contributed by atoms with Crippen molar-refractivity contribution in [1.29, 1.82) is 0 Å². The molecule has 5 aromatic rings. The fourth-order valence-corrected chi connectivity index (χ4v) is 3.77. The Bertz CT molecular complexity index is 1410. The van der Waals surface area contributed by atoms with Gasteiger partial charge in [-0.3, -0.25) is 4.79 Å². The lowest BCUT2D eigenvalue weighted by molar-refractivity contribution is 0.103. The monoisotopic (exact) mass is 416 g/mol. The number of carbonyl (C=O) groups is 1. The number of ketones is 1. The first-order chi connectivity index (χ1) is 15.7. The van der Waals surface area contributed by atoms with Crippen molar-refractivity contribution in [2.75, 3.05) is 7.11 Å². The van der Waals surface area contributed by atoms with E-state index in [-0.39, 0.29) is 5.78 Å². The Balaban J connectivity index is 1.72. The highest BCUT2D eigenvalue weighted by molar-refractivity contribution is 6.13. The van der Waals surface area contributed by atoms with E-state index in [2.05, 4.69) is 0 Å². The average Bonchev–Trinajstić information content (AvgIpc) is 2.88. The van der Waals surface area contributed by atoms with Crippen molar-refractivity contribution in [3.63, 3.8) is 0 Å². The molecule has 0 aliphatic heterocycles. The summed E-state index contributed by atoms with van der Waals surface area (Å²) in [6, 6.07) is 32.4. The SMILES string of the molecule is COc1ccc(C(=O)c2ccccc2-c2nc3ccccc3nc2-c2ccccc2)cc1. The van der Waals surface area contributed by atoms with Gasteiger partial charge in [0.1, 0.15) is 5.75 Å². The van der Waals surface area contributed by atoms with Gasteiger partial charge in [-0.2, -0.15) is 0 Å². The number of benzene rings is 4. The summed E-state index contributed by atoms with van der Waals surface area (Å²) in [7, 11) is 1.61. The number of para-hydroxylation sites is 2. The maximum atomic E-state index is 13.5. The molecule has 1 heterocycles. The van der Waals surface area contributed by atoms with Gasteiger partial charge in [0.05, 0.1) is 29.5 Å². The van der Waals surface area contributed by atoms with Crippen LogP contribution in [0.25, 0.3) is 33.5 Å². The van der Waals surface area contributed by atoms with Crippen LogP contribution < -0.4 is 4.74 Å². The Morgan fingerprint density at radius 2 is 1.25 bits per heavy atom. The molecule has 0 atom stereocenters. The van der Waals surface area contributed by atoms with Gasteiger partial charge < -0.3 is 4.74 Å². The molecule has 0 unspecified atom stereocenters. The van der Waals surface area contributed by atoms with Gasteiger partial charge in [-0.1, -0.05) is 66.7 Å². The average molecular weight is 416 g/mol. The smallest absolute Gasteiger partial charge is 0.193 e. The highest BCUT2D eigenvalue weighted by atomic mass is 16.5. The molecule has 154 valence electrons. The number of fused-ring (bicyclic) bond motifs is 1. The van der Waals surface area contributed by atoms with Crippen molar-refractivity contribution < 1.29 is 9.53 Å². The Kier molecular flexibility index (Phi) is 5.18. The summed E-state index contributed by atoms with van der Waals surface area (Å²) in [6.07, 6.45) is 0. The number of rotatable bonds is 5. The van der Waals surface area contributed by atoms with Gasteiger partial charge in [0, 0.05) is 22.3 Å². The molecule has 0 N–H and O–H groups in total. The van der Waals surface area contributed by atoms with Gasteiger partial charge in [0.15, 0.2) is 5.78 Å². The number of hydrogen-bond donors (Lipinski definition) is 0. The topological polar surface area (TPSA) is 52.1 Å². The minimum atomic E-state index is -0.0720. The largest absolute Gasteiger partial charge is 0.497 e. The Morgan fingerprint density at radius 3 is 1.94 bits per heavy atom. The molecule has 32 heavy (non-hydrogen) atoms. The van der Waals surface area contributed by atoms with E-state index in [0.29, 0.717) is 22.6 Å². The zero-order valence-corrected chi connectivity index (χ0v) is 17.5. The molecule has 0 saturated heterocycles.